The lowest BCUT2D eigenvalue weighted by Crippen LogP contribution is -2.37. The van der Waals surface area contributed by atoms with E-state index in [9.17, 15) is 0 Å². The third kappa shape index (κ3) is 2.85. The van der Waals surface area contributed by atoms with Gasteiger partial charge in [-0.3, -0.25) is 0 Å². The second kappa shape index (κ2) is 6.57. The molecule has 6 heteroatoms. The minimum absolute atomic E-state index is 0.744. The summed E-state index contributed by atoms with van der Waals surface area (Å²) in [5.41, 5.74) is 3.14. The molecule has 1 aliphatic rings. The number of anilines is 1. The van der Waals surface area contributed by atoms with Crippen LogP contribution in [-0.4, -0.2) is 46.1 Å². The second-order valence-electron chi connectivity index (χ2n) is 6.03. The Morgan fingerprint density at radius 3 is 2.54 bits per heavy atom. The molecule has 1 saturated heterocycles. The van der Waals surface area contributed by atoms with Crippen molar-refractivity contribution in [2.75, 3.05) is 31.2 Å². The van der Waals surface area contributed by atoms with Crippen molar-refractivity contribution in [2.24, 2.45) is 0 Å². The number of aromatic nitrogens is 4. The molecule has 0 unspecified atom stereocenters. The Morgan fingerprint density at radius 1 is 1.00 bits per heavy atom. The number of benzene rings is 1. The highest BCUT2D eigenvalue weighted by Gasteiger charge is 2.15. The first-order valence-corrected chi connectivity index (χ1v) is 8.49. The lowest BCUT2D eigenvalue weighted by molar-refractivity contribution is 0.122. The van der Waals surface area contributed by atoms with Crippen LogP contribution in [0.15, 0.2) is 36.4 Å². The van der Waals surface area contributed by atoms with Crippen molar-refractivity contribution in [3.8, 4) is 11.4 Å². The summed E-state index contributed by atoms with van der Waals surface area (Å²) in [6, 6.07) is 12.5. The number of aryl methyl sites for hydroxylation is 1. The van der Waals surface area contributed by atoms with Crippen molar-refractivity contribution < 1.29 is 4.74 Å². The number of hydrogen-bond donors (Lipinski definition) is 0. The summed E-state index contributed by atoms with van der Waals surface area (Å²) in [4.78, 5) is 2.23. The monoisotopic (exact) mass is 323 g/mol. The van der Waals surface area contributed by atoms with Crippen LogP contribution in [0.2, 0.25) is 0 Å². The van der Waals surface area contributed by atoms with Crippen LogP contribution in [-0.2, 0) is 11.2 Å². The Labute approximate surface area is 141 Å². The Bertz CT molecular complexity index is 821. The molecule has 0 saturated carbocycles. The van der Waals surface area contributed by atoms with E-state index in [1.807, 2.05) is 16.6 Å². The van der Waals surface area contributed by atoms with Gasteiger partial charge in [-0.2, -0.15) is 4.52 Å². The second-order valence-corrected chi connectivity index (χ2v) is 6.03. The number of rotatable bonds is 4. The Hall–Kier alpha value is -2.47. The van der Waals surface area contributed by atoms with Crippen LogP contribution < -0.4 is 4.90 Å². The summed E-state index contributed by atoms with van der Waals surface area (Å²) in [7, 11) is 0. The van der Waals surface area contributed by atoms with Gasteiger partial charge in [0.2, 0.25) is 0 Å². The summed E-state index contributed by atoms with van der Waals surface area (Å²) < 4.78 is 7.25. The van der Waals surface area contributed by atoms with Gasteiger partial charge in [-0.05, 0) is 24.1 Å². The van der Waals surface area contributed by atoms with Crippen molar-refractivity contribution in [3.63, 3.8) is 0 Å². The van der Waals surface area contributed by atoms with Crippen molar-refractivity contribution in [3.05, 3.63) is 42.0 Å². The number of ether oxygens (including phenoxy) is 1. The first kappa shape index (κ1) is 15.1. The molecular weight excluding hydrogens is 302 g/mol. The smallest absolute Gasteiger partial charge is 0.185 e. The van der Waals surface area contributed by atoms with E-state index in [0.29, 0.717) is 0 Å². The topological polar surface area (TPSA) is 55.5 Å². The fraction of sp³-hybridized carbons (Fsp3) is 0.389. The van der Waals surface area contributed by atoms with Crippen molar-refractivity contribution in [1.82, 2.24) is 19.8 Å². The quantitative estimate of drug-likeness (QED) is 0.738. The maximum absolute atomic E-state index is 5.42. The first-order chi connectivity index (χ1) is 11.8. The minimum Gasteiger partial charge on any atom is -0.378 e. The molecule has 0 spiro atoms. The minimum atomic E-state index is 0.744. The molecule has 0 bridgehead atoms. The van der Waals surface area contributed by atoms with Gasteiger partial charge in [0.15, 0.2) is 11.5 Å². The summed E-state index contributed by atoms with van der Waals surface area (Å²) in [5, 5.41) is 13.3. The van der Waals surface area contributed by atoms with Gasteiger partial charge in [-0.1, -0.05) is 37.6 Å². The molecule has 0 atom stereocenters. The summed E-state index contributed by atoms with van der Waals surface area (Å²) >= 11 is 0. The van der Waals surface area contributed by atoms with Gasteiger partial charge in [0.1, 0.15) is 5.82 Å². The summed E-state index contributed by atoms with van der Waals surface area (Å²) in [6.07, 6.45) is 2.25. The van der Waals surface area contributed by atoms with Gasteiger partial charge in [-0.25, -0.2) is 0 Å². The van der Waals surface area contributed by atoms with E-state index in [1.54, 1.807) is 0 Å². The summed E-state index contributed by atoms with van der Waals surface area (Å²) in [6.45, 7) is 5.40. The lowest BCUT2D eigenvalue weighted by Gasteiger charge is -2.27. The number of nitrogens with zero attached hydrogens (tertiary/aromatic N) is 5. The van der Waals surface area contributed by atoms with Crippen LogP contribution in [0.5, 0.6) is 0 Å². The predicted molar refractivity (Wildman–Crippen MR) is 93.2 cm³/mol. The highest BCUT2D eigenvalue weighted by Crippen LogP contribution is 2.21. The molecule has 1 aliphatic heterocycles. The number of fused-ring (bicyclic) bond motifs is 1. The first-order valence-electron chi connectivity index (χ1n) is 8.49. The highest BCUT2D eigenvalue weighted by molar-refractivity contribution is 5.60. The van der Waals surface area contributed by atoms with Crippen LogP contribution in [0.3, 0.4) is 0 Å². The Balaban J connectivity index is 1.69. The number of morpholine rings is 1. The molecule has 0 aliphatic carbocycles. The van der Waals surface area contributed by atoms with Gasteiger partial charge < -0.3 is 9.64 Å². The van der Waals surface area contributed by atoms with Crippen molar-refractivity contribution >= 4 is 11.5 Å². The van der Waals surface area contributed by atoms with E-state index in [-0.39, 0.29) is 0 Å². The molecule has 1 aromatic carbocycles. The van der Waals surface area contributed by atoms with E-state index in [1.165, 1.54) is 5.56 Å². The van der Waals surface area contributed by atoms with E-state index >= 15 is 0 Å². The van der Waals surface area contributed by atoms with Gasteiger partial charge in [-0.15, -0.1) is 15.3 Å². The molecule has 6 nitrogen and oxygen atoms in total. The largest absolute Gasteiger partial charge is 0.378 e. The average molecular weight is 323 g/mol. The Kier molecular flexibility index (Phi) is 4.13. The zero-order valence-corrected chi connectivity index (χ0v) is 13.9. The molecular formula is C18H21N5O. The standard InChI is InChI=1S/C18H21N5O/c1-2-3-14-4-6-15(7-5-14)18-20-19-16-8-9-17(21-23(16)18)22-10-12-24-13-11-22/h4-9H,2-3,10-13H2,1H3. The maximum Gasteiger partial charge on any atom is 0.185 e. The Morgan fingerprint density at radius 2 is 1.79 bits per heavy atom. The normalized spacial score (nSPS) is 15.1. The highest BCUT2D eigenvalue weighted by atomic mass is 16.5. The molecule has 0 radical (unpaired) electrons. The fourth-order valence-corrected chi connectivity index (χ4v) is 3.03. The van der Waals surface area contributed by atoms with Crippen LogP contribution >= 0.6 is 0 Å². The molecule has 0 amide bonds. The number of hydrogen-bond acceptors (Lipinski definition) is 5. The van der Waals surface area contributed by atoms with E-state index in [0.717, 1.165) is 62.0 Å². The van der Waals surface area contributed by atoms with Crippen LogP contribution in [0.25, 0.3) is 17.0 Å². The zero-order chi connectivity index (χ0) is 16.4. The molecule has 4 rings (SSSR count). The van der Waals surface area contributed by atoms with E-state index in [4.69, 9.17) is 9.84 Å². The van der Waals surface area contributed by atoms with Gasteiger partial charge >= 0.3 is 0 Å². The van der Waals surface area contributed by atoms with Crippen LogP contribution in [0, 0.1) is 0 Å². The van der Waals surface area contributed by atoms with Crippen molar-refractivity contribution in [1.29, 1.82) is 0 Å². The van der Waals surface area contributed by atoms with Gasteiger partial charge in [0.05, 0.1) is 13.2 Å². The molecule has 1 fully saturated rings. The van der Waals surface area contributed by atoms with Crippen molar-refractivity contribution in [2.45, 2.75) is 19.8 Å². The van der Waals surface area contributed by atoms with E-state index < -0.39 is 0 Å². The third-order valence-corrected chi connectivity index (χ3v) is 4.33. The lowest BCUT2D eigenvalue weighted by atomic mass is 10.1. The molecule has 24 heavy (non-hydrogen) atoms. The third-order valence-electron chi connectivity index (χ3n) is 4.33. The molecule has 3 aromatic rings. The predicted octanol–water partition coefficient (Wildman–Crippen LogP) is 2.58. The zero-order valence-electron chi connectivity index (χ0n) is 13.9. The fourth-order valence-electron chi connectivity index (χ4n) is 3.03. The van der Waals surface area contributed by atoms with E-state index in [2.05, 4.69) is 46.3 Å². The maximum atomic E-state index is 5.42. The SMILES string of the molecule is CCCc1ccc(-c2nnc3ccc(N4CCOCC4)nn23)cc1. The van der Waals surface area contributed by atoms with Gasteiger partial charge in [0, 0.05) is 18.7 Å². The molecule has 0 N–H and O–H groups in total. The van der Waals surface area contributed by atoms with Crippen LogP contribution in [0.4, 0.5) is 5.82 Å². The molecule has 3 heterocycles. The van der Waals surface area contributed by atoms with Gasteiger partial charge in [0.25, 0.3) is 0 Å². The molecule has 2 aromatic heterocycles. The molecule has 124 valence electrons. The summed E-state index contributed by atoms with van der Waals surface area (Å²) in [5.74, 6) is 1.72. The van der Waals surface area contributed by atoms with Crippen LogP contribution in [0.1, 0.15) is 18.9 Å². The average Bonchev–Trinajstić information content (AvgIpc) is 3.06.